The number of aryl methyl sites for hydroxylation is 1. The molecule has 6 heteroatoms. The van der Waals surface area contributed by atoms with E-state index in [0.717, 1.165) is 11.1 Å². The lowest BCUT2D eigenvalue weighted by Gasteiger charge is -2.38. The molecule has 3 heterocycles. The number of amides is 1. The summed E-state index contributed by atoms with van der Waals surface area (Å²) in [4.78, 5) is 25.4. The molecule has 0 unspecified atom stereocenters. The molecule has 0 bridgehead atoms. The van der Waals surface area contributed by atoms with Crippen LogP contribution in [-0.2, 0) is 5.54 Å². The number of fused-ring (bicyclic) bond motifs is 1. The molecule has 130 valence electrons. The lowest BCUT2D eigenvalue weighted by molar-refractivity contribution is 0.0878. The highest BCUT2D eigenvalue weighted by molar-refractivity contribution is 5.93. The van der Waals surface area contributed by atoms with Crippen LogP contribution in [0.15, 0.2) is 61.2 Å². The number of hydrogen-bond donors (Lipinski definition) is 1. The van der Waals surface area contributed by atoms with Gasteiger partial charge in [-0.15, -0.1) is 0 Å². The lowest BCUT2D eigenvalue weighted by Crippen LogP contribution is -2.50. The van der Waals surface area contributed by atoms with Crippen molar-refractivity contribution < 1.29 is 9.53 Å². The summed E-state index contributed by atoms with van der Waals surface area (Å²) in [6, 6.07) is 13.4. The smallest absolute Gasteiger partial charge is 0.271 e. The van der Waals surface area contributed by atoms with Crippen LogP contribution in [0.5, 0.6) is 5.75 Å². The standard InChI is InChI=1S/C20H18N4O2/c1-14-4-6-15(7-5-14)20(24-19(25)16-8-11-21-13-23-16)9-12-26-17-3-2-10-22-18(17)20/h2-8,10-11,13H,9,12H2,1H3,(H,24,25)/t20-/m0/s1. The van der Waals surface area contributed by atoms with Crippen molar-refractivity contribution in [2.75, 3.05) is 6.61 Å². The van der Waals surface area contributed by atoms with Crippen LogP contribution in [0.4, 0.5) is 0 Å². The van der Waals surface area contributed by atoms with Gasteiger partial charge in [0.1, 0.15) is 29.0 Å². The molecule has 1 aromatic carbocycles. The second kappa shape index (κ2) is 6.55. The van der Waals surface area contributed by atoms with Gasteiger partial charge in [0.05, 0.1) is 6.61 Å². The number of nitrogens with one attached hydrogen (secondary N) is 1. The third kappa shape index (κ3) is 2.79. The molecule has 0 fully saturated rings. The molecule has 1 aliphatic rings. The van der Waals surface area contributed by atoms with E-state index in [4.69, 9.17) is 4.74 Å². The van der Waals surface area contributed by atoms with E-state index >= 15 is 0 Å². The van der Waals surface area contributed by atoms with Gasteiger partial charge in [0, 0.05) is 18.8 Å². The first-order valence-electron chi connectivity index (χ1n) is 8.43. The van der Waals surface area contributed by atoms with Gasteiger partial charge in [0.2, 0.25) is 0 Å². The molecule has 1 amide bonds. The van der Waals surface area contributed by atoms with E-state index < -0.39 is 5.54 Å². The van der Waals surface area contributed by atoms with E-state index in [9.17, 15) is 4.79 Å². The summed E-state index contributed by atoms with van der Waals surface area (Å²) in [5, 5.41) is 3.17. The van der Waals surface area contributed by atoms with Gasteiger partial charge in [0.15, 0.2) is 0 Å². The van der Waals surface area contributed by atoms with Crippen molar-refractivity contribution in [2.24, 2.45) is 0 Å². The second-order valence-electron chi connectivity index (χ2n) is 6.27. The van der Waals surface area contributed by atoms with E-state index in [2.05, 4.69) is 20.3 Å². The Balaban J connectivity index is 1.83. The zero-order valence-corrected chi connectivity index (χ0v) is 14.3. The van der Waals surface area contributed by atoms with E-state index in [1.165, 1.54) is 6.33 Å². The molecule has 6 nitrogen and oxygen atoms in total. The maximum Gasteiger partial charge on any atom is 0.271 e. The highest BCUT2D eigenvalue weighted by Crippen LogP contribution is 2.40. The van der Waals surface area contributed by atoms with Crippen LogP contribution in [0.2, 0.25) is 0 Å². The summed E-state index contributed by atoms with van der Waals surface area (Å²) in [6.07, 6.45) is 5.21. The Kier molecular flexibility index (Phi) is 4.08. The van der Waals surface area contributed by atoms with Gasteiger partial charge in [-0.3, -0.25) is 9.78 Å². The van der Waals surface area contributed by atoms with Gasteiger partial charge in [-0.05, 0) is 30.7 Å². The number of nitrogens with zero attached hydrogens (tertiary/aromatic N) is 3. The number of rotatable bonds is 3. The molecule has 0 saturated heterocycles. The van der Waals surface area contributed by atoms with Crippen molar-refractivity contribution in [1.82, 2.24) is 20.3 Å². The third-order valence-corrected chi connectivity index (χ3v) is 4.60. The second-order valence-corrected chi connectivity index (χ2v) is 6.27. The van der Waals surface area contributed by atoms with E-state index in [1.54, 1.807) is 18.5 Å². The van der Waals surface area contributed by atoms with Crippen LogP contribution in [0, 0.1) is 6.92 Å². The van der Waals surface area contributed by atoms with E-state index in [-0.39, 0.29) is 5.91 Å². The minimum atomic E-state index is -0.773. The number of ether oxygens (including phenoxy) is 1. The van der Waals surface area contributed by atoms with Crippen LogP contribution < -0.4 is 10.1 Å². The first kappa shape index (κ1) is 16.2. The Morgan fingerprint density at radius 1 is 1.12 bits per heavy atom. The van der Waals surface area contributed by atoms with Gasteiger partial charge < -0.3 is 10.1 Å². The van der Waals surface area contributed by atoms with Crippen LogP contribution in [0.25, 0.3) is 0 Å². The van der Waals surface area contributed by atoms with Crippen molar-refractivity contribution in [3.05, 3.63) is 83.7 Å². The molecule has 1 atom stereocenters. The summed E-state index contributed by atoms with van der Waals surface area (Å²) in [5.41, 5.74) is 2.37. The number of carbonyl (C=O) groups is 1. The number of hydrogen-bond acceptors (Lipinski definition) is 5. The Hall–Kier alpha value is -3.28. The largest absolute Gasteiger partial charge is 0.491 e. The maximum atomic E-state index is 12.9. The Morgan fingerprint density at radius 3 is 2.73 bits per heavy atom. The molecular weight excluding hydrogens is 328 g/mol. The Labute approximate surface area is 151 Å². The summed E-state index contributed by atoms with van der Waals surface area (Å²) in [7, 11) is 0. The summed E-state index contributed by atoms with van der Waals surface area (Å²) in [6.45, 7) is 2.52. The van der Waals surface area contributed by atoms with Crippen molar-refractivity contribution >= 4 is 5.91 Å². The van der Waals surface area contributed by atoms with Gasteiger partial charge >= 0.3 is 0 Å². The lowest BCUT2D eigenvalue weighted by atomic mass is 9.81. The molecule has 0 radical (unpaired) electrons. The molecule has 0 aliphatic carbocycles. The van der Waals surface area contributed by atoms with Crippen LogP contribution in [0.3, 0.4) is 0 Å². The number of pyridine rings is 1. The predicted molar refractivity (Wildman–Crippen MR) is 95.8 cm³/mol. The molecule has 2 aromatic heterocycles. The molecule has 4 rings (SSSR count). The van der Waals surface area contributed by atoms with Gasteiger partial charge in [-0.2, -0.15) is 0 Å². The first-order valence-corrected chi connectivity index (χ1v) is 8.43. The van der Waals surface area contributed by atoms with Crippen molar-refractivity contribution in [3.8, 4) is 5.75 Å². The van der Waals surface area contributed by atoms with Crippen molar-refractivity contribution in [1.29, 1.82) is 0 Å². The zero-order chi connectivity index (χ0) is 18.0. The molecule has 0 spiro atoms. The molecule has 1 N–H and O–H groups in total. The number of aromatic nitrogens is 3. The average molecular weight is 346 g/mol. The predicted octanol–water partition coefficient (Wildman–Crippen LogP) is 2.64. The molecular formula is C20H18N4O2. The molecule has 3 aromatic rings. The summed E-state index contributed by atoms with van der Waals surface area (Å²) >= 11 is 0. The first-order chi connectivity index (χ1) is 12.7. The topological polar surface area (TPSA) is 77.0 Å². The van der Waals surface area contributed by atoms with Gasteiger partial charge in [-0.1, -0.05) is 29.8 Å². The fourth-order valence-corrected chi connectivity index (χ4v) is 3.26. The minimum absolute atomic E-state index is 0.272. The average Bonchev–Trinajstić information content (AvgIpc) is 2.69. The highest BCUT2D eigenvalue weighted by Gasteiger charge is 2.42. The molecule has 26 heavy (non-hydrogen) atoms. The summed E-state index contributed by atoms with van der Waals surface area (Å²) < 4.78 is 5.77. The van der Waals surface area contributed by atoms with Crippen molar-refractivity contribution in [3.63, 3.8) is 0 Å². The fourth-order valence-electron chi connectivity index (χ4n) is 3.26. The van der Waals surface area contributed by atoms with Crippen LogP contribution in [-0.4, -0.2) is 27.5 Å². The van der Waals surface area contributed by atoms with Crippen molar-refractivity contribution in [2.45, 2.75) is 18.9 Å². The quantitative estimate of drug-likeness (QED) is 0.789. The maximum absolute atomic E-state index is 12.9. The Morgan fingerprint density at radius 2 is 1.96 bits per heavy atom. The minimum Gasteiger partial charge on any atom is -0.491 e. The highest BCUT2D eigenvalue weighted by atomic mass is 16.5. The third-order valence-electron chi connectivity index (χ3n) is 4.60. The molecule has 1 aliphatic heterocycles. The van der Waals surface area contributed by atoms with Gasteiger partial charge in [0.25, 0.3) is 5.91 Å². The number of carbonyl (C=O) groups excluding carboxylic acids is 1. The zero-order valence-electron chi connectivity index (χ0n) is 14.3. The number of benzene rings is 1. The van der Waals surface area contributed by atoms with Crippen LogP contribution >= 0.6 is 0 Å². The monoisotopic (exact) mass is 346 g/mol. The van der Waals surface area contributed by atoms with Crippen LogP contribution in [0.1, 0.15) is 33.7 Å². The fraction of sp³-hybridized carbons (Fsp3) is 0.200. The SMILES string of the molecule is Cc1ccc([C@@]2(NC(=O)c3ccncn3)CCOc3cccnc32)cc1. The van der Waals surface area contributed by atoms with Gasteiger partial charge in [-0.25, -0.2) is 9.97 Å². The normalized spacial score (nSPS) is 18.5. The van der Waals surface area contributed by atoms with E-state index in [0.29, 0.717) is 30.2 Å². The summed E-state index contributed by atoms with van der Waals surface area (Å²) in [5.74, 6) is 0.411. The Bertz CT molecular complexity index is 928. The van der Waals surface area contributed by atoms with E-state index in [1.807, 2.05) is 43.3 Å². The molecule has 0 saturated carbocycles.